The van der Waals surface area contributed by atoms with E-state index < -0.39 is 29.0 Å². The predicted molar refractivity (Wildman–Crippen MR) is 185 cm³/mol. The van der Waals surface area contributed by atoms with Gasteiger partial charge in [-0.15, -0.1) is 0 Å². The van der Waals surface area contributed by atoms with Crippen molar-refractivity contribution in [2.45, 2.75) is 37.9 Å². The van der Waals surface area contributed by atoms with Crippen LogP contribution in [-0.4, -0.2) is 56.1 Å². The molecule has 1 aliphatic heterocycles. The molecule has 0 bridgehead atoms. The summed E-state index contributed by atoms with van der Waals surface area (Å²) in [7, 11) is 3.05. The minimum absolute atomic E-state index is 0.0198. The normalized spacial score (nSPS) is 15.4. The fourth-order valence-corrected chi connectivity index (χ4v) is 6.13. The topological polar surface area (TPSA) is 131 Å². The third kappa shape index (κ3) is 7.54. The van der Waals surface area contributed by atoms with Crippen molar-refractivity contribution in [3.63, 3.8) is 0 Å². The van der Waals surface area contributed by atoms with Crippen LogP contribution in [0.4, 0.5) is 30.2 Å². The number of anilines is 3. The molecule has 0 spiro atoms. The third-order valence-corrected chi connectivity index (χ3v) is 9.07. The summed E-state index contributed by atoms with van der Waals surface area (Å²) in [6, 6.07) is 15.2. The maximum absolute atomic E-state index is 14.2. The zero-order valence-corrected chi connectivity index (χ0v) is 27.9. The second kappa shape index (κ2) is 14.2. The molecule has 0 radical (unpaired) electrons. The van der Waals surface area contributed by atoms with Crippen LogP contribution in [0.25, 0.3) is 10.9 Å². The number of methoxy groups -OCH3 is 2. The first-order valence-corrected chi connectivity index (χ1v) is 16.2. The van der Waals surface area contributed by atoms with Gasteiger partial charge in [0.2, 0.25) is 17.7 Å². The Bertz CT molecular complexity index is 1990. The first-order valence-electron chi connectivity index (χ1n) is 16.2. The fourth-order valence-electron chi connectivity index (χ4n) is 6.13. The van der Waals surface area contributed by atoms with Crippen molar-refractivity contribution in [3.8, 4) is 23.0 Å². The number of piperidine rings is 1. The second-order valence-corrected chi connectivity index (χ2v) is 12.4. The van der Waals surface area contributed by atoms with Crippen molar-refractivity contribution < 1.29 is 41.8 Å². The van der Waals surface area contributed by atoms with Crippen molar-refractivity contribution in [1.82, 2.24) is 10.3 Å². The highest BCUT2D eigenvalue weighted by Crippen LogP contribution is 2.48. The molecule has 3 amide bonds. The van der Waals surface area contributed by atoms with Gasteiger partial charge in [-0.3, -0.25) is 19.4 Å². The molecule has 2 aliphatic rings. The molecule has 6 rings (SSSR count). The van der Waals surface area contributed by atoms with Crippen LogP contribution < -0.4 is 35.1 Å². The number of rotatable bonds is 11. The van der Waals surface area contributed by atoms with E-state index in [-0.39, 0.29) is 36.2 Å². The summed E-state index contributed by atoms with van der Waals surface area (Å²) in [5.41, 5.74) is -1.46. The van der Waals surface area contributed by atoms with E-state index in [1.165, 1.54) is 26.4 Å². The maximum Gasteiger partial charge on any atom is 0.418 e. The lowest BCUT2D eigenvalue weighted by molar-refractivity contribution is -0.137. The smallest absolute Gasteiger partial charge is 0.418 e. The van der Waals surface area contributed by atoms with E-state index >= 15 is 0 Å². The average molecular weight is 704 g/mol. The van der Waals surface area contributed by atoms with Gasteiger partial charge in [0.1, 0.15) is 16.9 Å². The number of amides is 3. The molecular weight excluding hydrogens is 667 g/mol. The van der Waals surface area contributed by atoms with Crippen LogP contribution in [0.2, 0.25) is 0 Å². The van der Waals surface area contributed by atoms with Crippen molar-refractivity contribution in [3.05, 3.63) is 85.1 Å². The van der Waals surface area contributed by atoms with Crippen LogP contribution in [0.3, 0.4) is 0 Å². The number of hydrogen-bond acceptors (Lipinski definition) is 8. The molecule has 51 heavy (non-hydrogen) atoms. The minimum Gasteiger partial charge on any atom is -0.493 e. The number of ether oxygens (including phenoxy) is 3. The molecule has 4 aromatic rings. The summed E-state index contributed by atoms with van der Waals surface area (Å²) < 4.78 is 59.7. The molecule has 3 N–H and O–H groups in total. The van der Waals surface area contributed by atoms with Gasteiger partial charge >= 0.3 is 6.18 Å². The molecule has 2 fully saturated rings. The van der Waals surface area contributed by atoms with Crippen LogP contribution in [-0.2, 0) is 20.6 Å². The van der Waals surface area contributed by atoms with E-state index in [2.05, 4.69) is 27.5 Å². The Morgan fingerprint density at radius 3 is 2.20 bits per heavy atom. The van der Waals surface area contributed by atoms with Crippen LogP contribution in [0.1, 0.15) is 31.2 Å². The van der Waals surface area contributed by atoms with E-state index in [1.54, 1.807) is 53.6 Å². The Morgan fingerprint density at radius 1 is 0.902 bits per heavy atom. The summed E-state index contributed by atoms with van der Waals surface area (Å²) >= 11 is 0. The number of hydrogen-bond donors (Lipinski definition) is 3. The molecule has 1 aliphatic carbocycles. The van der Waals surface area contributed by atoms with E-state index in [4.69, 9.17) is 14.2 Å². The molecule has 0 unspecified atom stereocenters. The van der Waals surface area contributed by atoms with Crippen LogP contribution >= 0.6 is 0 Å². The highest BCUT2D eigenvalue weighted by atomic mass is 19.4. The first-order chi connectivity index (χ1) is 24.4. The Labute approximate surface area is 291 Å². The van der Waals surface area contributed by atoms with Gasteiger partial charge in [0.15, 0.2) is 11.5 Å². The standard InChI is InChI=1S/C37H36F3N5O6/c1-4-33(46)42-22-11-16-45(17-12-22)29-9-8-24(19-27(29)37(38,39)40)44-35(48)36(13-14-36)34(47)43-23-6-5-7-25(18-23)51-30-10-15-41-28-21-32(50-3)31(49-2)20-26(28)30/h4-10,15,18-22H,1,11-14,16-17H2,2-3H3,(H,42,46)(H,43,47)(H,44,48). The Hall–Kier alpha value is -5.79. The number of pyridine rings is 1. The van der Waals surface area contributed by atoms with Gasteiger partial charge in [-0.05, 0) is 74.2 Å². The SMILES string of the molecule is C=CC(=O)NC1CCN(c2ccc(NC(=O)C3(C(=O)Nc4cccc(Oc5ccnc6cc(OC)c(OC)cc56)c4)CC3)cc2C(F)(F)F)CC1. The van der Waals surface area contributed by atoms with Gasteiger partial charge in [-0.2, -0.15) is 13.2 Å². The Balaban J connectivity index is 1.13. The molecular formula is C37H36F3N5O6. The number of fused-ring (bicyclic) bond motifs is 1. The molecule has 11 nitrogen and oxygen atoms in total. The number of carbonyl (C=O) groups excluding carboxylic acids is 3. The summed E-state index contributed by atoms with van der Waals surface area (Å²) in [5.74, 6) is 0.285. The van der Waals surface area contributed by atoms with Crippen molar-refractivity contribution in [1.29, 1.82) is 0 Å². The van der Waals surface area contributed by atoms with E-state index in [9.17, 15) is 27.6 Å². The van der Waals surface area contributed by atoms with E-state index in [1.807, 2.05) is 0 Å². The molecule has 14 heteroatoms. The largest absolute Gasteiger partial charge is 0.493 e. The van der Waals surface area contributed by atoms with Gasteiger partial charge in [-0.1, -0.05) is 12.6 Å². The fraction of sp³-hybridized carbons (Fsp3) is 0.297. The molecule has 3 aromatic carbocycles. The molecule has 1 aromatic heterocycles. The summed E-state index contributed by atoms with van der Waals surface area (Å²) in [6.45, 7) is 4.03. The van der Waals surface area contributed by atoms with Gasteiger partial charge in [-0.25, -0.2) is 0 Å². The molecule has 2 heterocycles. The molecule has 266 valence electrons. The number of carbonyl (C=O) groups is 3. The van der Waals surface area contributed by atoms with Gasteiger partial charge < -0.3 is 35.1 Å². The quantitative estimate of drug-likeness (QED) is 0.116. The van der Waals surface area contributed by atoms with E-state index in [0.717, 1.165) is 12.1 Å². The lowest BCUT2D eigenvalue weighted by Crippen LogP contribution is -2.44. The third-order valence-electron chi connectivity index (χ3n) is 9.07. The van der Waals surface area contributed by atoms with Gasteiger partial charge in [0, 0.05) is 59.9 Å². The van der Waals surface area contributed by atoms with Crippen molar-refractivity contribution in [2.75, 3.05) is 42.8 Å². The van der Waals surface area contributed by atoms with Crippen molar-refractivity contribution in [2.24, 2.45) is 5.41 Å². The number of nitrogens with zero attached hydrogens (tertiary/aromatic N) is 2. The molecule has 1 saturated carbocycles. The monoisotopic (exact) mass is 703 g/mol. The highest BCUT2D eigenvalue weighted by Gasteiger charge is 2.56. The zero-order valence-electron chi connectivity index (χ0n) is 27.9. The first kappa shape index (κ1) is 35.1. The molecule has 0 atom stereocenters. The van der Waals surface area contributed by atoms with E-state index in [0.29, 0.717) is 65.5 Å². The van der Waals surface area contributed by atoms with Crippen LogP contribution in [0.5, 0.6) is 23.0 Å². The maximum atomic E-state index is 14.2. The summed E-state index contributed by atoms with van der Waals surface area (Å²) in [5, 5.41) is 8.76. The number of halogens is 3. The predicted octanol–water partition coefficient (Wildman–Crippen LogP) is 6.69. The lowest BCUT2D eigenvalue weighted by Gasteiger charge is -2.35. The summed E-state index contributed by atoms with van der Waals surface area (Å²) in [6.07, 6.45) is -0.555. The number of alkyl halides is 3. The average Bonchev–Trinajstić information content (AvgIpc) is 3.94. The van der Waals surface area contributed by atoms with Crippen LogP contribution in [0.15, 0.2) is 79.5 Å². The van der Waals surface area contributed by atoms with Crippen LogP contribution in [0, 0.1) is 5.41 Å². The number of aromatic nitrogens is 1. The highest BCUT2D eigenvalue weighted by molar-refractivity contribution is 6.17. The van der Waals surface area contributed by atoms with Gasteiger partial charge in [0.25, 0.3) is 0 Å². The second-order valence-electron chi connectivity index (χ2n) is 12.4. The van der Waals surface area contributed by atoms with Gasteiger partial charge in [0.05, 0.1) is 25.3 Å². The molecule has 1 saturated heterocycles. The lowest BCUT2D eigenvalue weighted by atomic mass is 10.0. The number of benzene rings is 3. The zero-order chi connectivity index (χ0) is 36.3. The Kier molecular flexibility index (Phi) is 9.77. The Morgan fingerprint density at radius 2 is 1.57 bits per heavy atom. The van der Waals surface area contributed by atoms with Crippen molar-refractivity contribution >= 4 is 45.7 Å². The summed E-state index contributed by atoms with van der Waals surface area (Å²) in [4.78, 5) is 44.5. The number of nitrogens with one attached hydrogen (secondary N) is 3. The minimum atomic E-state index is -4.70.